The average Bonchev–Trinajstić information content (AvgIpc) is 2.85. The second-order valence-electron chi connectivity index (χ2n) is 5.15. The quantitative estimate of drug-likeness (QED) is 0.630. The van der Waals surface area contributed by atoms with E-state index in [0.29, 0.717) is 5.92 Å². The van der Waals surface area contributed by atoms with Gasteiger partial charge in [0.05, 0.1) is 11.0 Å². The molecule has 1 N–H and O–H groups in total. The van der Waals surface area contributed by atoms with Crippen molar-refractivity contribution >= 4 is 5.69 Å². The molecule has 3 rings (SSSR count). The molecule has 0 aliphatic heterocycles. The summed E-state index contributed by atoms with van der Waals surface area (Å²) < 4.78 is 0. The molecule has 4 nitrogen and oxygen atoms in total. The van der Waals surface area contributed by atoms with Crippen LogP contribution in [0.4, 0.5) is 5.69 Å². The summed E-state index contributed by atoms with van der Waals surface area (Å²) in [7, 11) is 0. The van der Waals surface area contributed by atoms with E-state index in [4.69, 9.17) is 0 Å². The van der Waals surface area contributed by atoms with Crippen molar-refractivity contribution in [1.82, 2.24) is 0 Å². The van der Waals surface area contributed by atoms with E-state index in [2.05, 4.69) is 0 Å². The van der Waals surface area contributed by atoms with Crippen molar-refractivity contribution in [2.75, 3.05) is 0 Å². The van der Waals surface area contributed by atoms with Crippen LogP contribution in [0.1, 0.15) is 30.7 Å². The van der Waals surface area contributed by atoms with Crippen LogP contribution in [0.15, 0.2) is 24.3 Å². The van der Waals surface area contributed by atoms with Gasteiger partial charge in [-0.1, -0.05) is 18.2 Å². The molecule has 2 fully saturated rings. The van der Waals surface area contributed by atoms with Gasteiger partial charge in [0.25, 0.3) is 5.69 Å². The van der Waals surface area contributed by atoms with Gasteiger partial charge in [-0.2, -0.15) is 0 Å². The van der Waals surface area contributed by atoms with Gasteiger partial charge in [-0.3, -0.25) is 10.1 Å². The molecule has 2 aliphatic carbocycles. The zero-order valence-electron chi connectivity index (χ0n) is 9.45. The van der Waals surface area contributed by atoms with Crippen LogP contribution in [-0.4, -0.2) is 16.1 Å². The number of aliphatic hydroxyl groups is 1. The highest BCUT2D eigenvalue weighted by Gasteiger charge is 2.48. The molecule has 0 spiro atoms. The second-order valence-corrected chi connectivity index (χ2v) is 5.15. The van der Waals surface area contributed by atoms with Gasteiger partial charge in [0.2, 0.25) is 0 Å². The maximum absolute atomic E-state index is 11.0. The van der Waals surface area contributed by atoms with Gasteiger partial charge in [0, 0.05) is 11.6 Å². The van der Waals surface area contributed by atoms with Gasteiger partial charge in [-0.15, -0.1) is 0 Å². The molecule has 0 amide bonds. The second kappa shape index (κ2) is 3.81. The third-order valence-corrected chi connectivity index (χ3v) is 4.40. The molecule has 0 aromatic heterocycles. The normalized spacial score (nSPS) is 35.1. The molecule has 0 radical (unpaired) electrons. The lowest BCUT2D eigenvalue weighted by atomic mass is 9.82. The molecular formula is C13H15NO3. The standard InChI is InChI=1S/C13H15NO3/c15-13-8-5-6-10(13)11(7-8)9-3-1-2-4-12(9)14(16)17/h1-4,8,10-11,13,15H,5-7H2/t8-,10+,11-,13+/m1/s1. The maximum atomic E-state index is 11.0. The number of nitrogens with zero attached hydrogens (tertiary/aromatic N) is 1. The van der Waals surface area contributed by atoms with Crippen molar-refractivity contribution in [3.63, 3.8) is 0 Å². The highest BCUT2D eigenvalue weighted by Crippen LogP contribution is 2.54. The Bertz CT molecular complexity index is 460. The summed E-state index contributed by atoms with van der Waals surface area (Å²) in [5.74, 6) is 0.747. The topological polar surface area (TPSA) is 63.4 Å². The Balaban J connectivity index is 1.98. The monoisotopic (exact) mass is 233 g/mol. The zero-order chi connectivity index (χ0) is 12.0. The highest BCUT2D eigenvalue weighted by atomic mass is 16.6. The van der Waals surface area contributed by atoms with Crippen LogP contribution in [0.25, 0.3) is 0 Å². The van der Waals surface area contributed by atoms with Gasteiger partial charge in [0.15, 0.2) is 0 Å². The summed E-state index contributed by atoms with van der Waals surface area (Å²) in [6.45, 7) is 0. The lowest BCUT2D eigenvalue weighted by Gasteiger charge is -2.21. The Hall–Kier alpha value is -1.42. The molecule has 0 saturated heterocycles. The summed E-state index contributed by atoms with van der Waals surface area (Å²) in [5.41, 5.74) is 1.01. The number of aliphatic hydroxyl groups excluding tert-OH is 1. The average molecular weight is 233 g/mol. The summed E-state index contributed by atoms with van der Waals surface area (Å²) in [6, 6.07) is 6.95. The van der Waals surface area contributed by atoms with Crippen molar-refractivity contribution in [2.45, 2.75) is 31.3 Å². The minimum absolute atomic E-state index is 0.172. The lowest BCUT2D eigenvalue weighted by Crippen LogP contribution is -2.15. The predicted molar refractivity (Wildman–Crippen MR) is 62.7 cm³/mol. The fourth-order valence-corrected chi connectivity index (χ4v) is 3.62. The third-order valence-electron chi connectivity index (χ3n) is 4.40. The first-order valence-corrected chi connectivity index (χ1v) is 6.10. The Kier molecular flexibility index (Phi) is 2.40. The van der Waals surface area contributed by atoms with Crippen LogP contribution in [-0.2, 0) is 0 Å². The molecule has 0 heterocycles. The highest BCUT2D eigenvalue weighted by molar-refractivity contribution is 5.43. The van der Waals surface area contributed by atoms with Gasteiger partial charge in [-0.25, -0.2) is 0 Å². The molecular weight excluding hydrogens is 218 g/mol. The first-order chi connectivity index (χ1) is 8.18. The summed E-state index contributed by atoms with van der Waals surface area (Å²) >= 11 is 0. The van der Waals surface area contributed by atoms with E-state index in [1.165, 1.54) is 0 Å². The van der Waals surface area contributed by atoms with E-state index in [0.717, 1.165) is 24.8 Å². The smallest absolute Gasteiger partial charge is 0.272 e. The van der Waals surface area contributed by atoms with E-state index < -0.39 is 0 Å². The molecule has 2 bridgehead atoms. The molecule has 1 aromatic rings. The van der Waals surface area contributed by atoms with Crippen molar-refractivity contribution < 1.29 is 10.0 Å². The zero-order valence-corrected chi connectivity index (χ0v) is 9.45. The number of fused-ring (bicyclic) bond motifs is 2. The number of rotatable bonds is 2. The van der Waals surface area contributed by atoms with Crippen LogP contribution < -0.4 is 0 Å². The van der Waals surface area contributed by atoms with Crippen LogP contribution in [0.2, 0.25) is 0 Å². The van der Waals surface area contributed by atoms with Crippen LogP contribution in [0, 0.1) is 22.0 Å². The SMILES string of the molecule is O=[N+]([O-])c1ccccc1[C@H]1C[C@H]2CC[C@@H]1[C@H]2O. The van der Waals surface area contributed by atoms with Crippen molar-refractivity contribution in [3.05, 3.63) is 39.9 Å². The predicted octanol–water partition coefficient (Wildman–Crippen LogP) is 2.47. The molecule has 4 atom stereocenters. The van der Waals surface area contributed by atoms with E-state index in [9.17, 15) is 15.2 Å². The number of nitro groups is 1. The van der Waals surface area contributed by atoms with Crippen molar-refractivity contribution in [2.24, 2.45) is 11.8 Å². The Labute approximate surface area is 99.4 Å². The Morgan fingerprint density at radius 1 is 1.29 bits per heavy atom. The molecule has 90 valence electrons. The summed E-state index contributed by atoms with van der Waals surface area (Å²) in [4.78, 5) is 10.7. The molecule has 0 unspecified atom stereocenters. The van der Waals surface area contributed by atoms with Gasteiger partial charge in [0.1, 0.15) is 0 Å². The summed E-state index contributed by atoms with van der Waals surface area (Å²) in [6.07, 6.45) is 2.72. The maximum Gasteiger partial charge on any atom is 0.272 e. The largest absolute Gasteiger partial charge is 0.393 e. The van der Waals surface area contributed by atoms with Crippen molar-refractivity contribution in [3.8, 4) is 0 Å². The number of para-hydroxylation sites is 1. The fourth-order valence-electron chi connectivity index (χ4n) is 3.62. The van der Waals surface area contributed by atoms with E-state index in [-0.39, 0.29) is 28.6 Å². The van der Waals surface area contributed by atoms with Gasteiger partial charge in [-0.05, 0) is 37.0 Å². The van der Waals surface area contributed by atoms with Crippen LogP contribution in [0.5, 0.6) is 0 Å². The summed E-state index contributed by atoms with van der Waals surface area (Å²) in [5, 5.41) is 21.0. The Morgan fingerprint density at radius 2 is 2.06 bits per heavy atom. The lowest BCUT2D eigenvalue weighted by molar-refractivity contribution is -0.385. The van der Waals surface area contributed by atoms with Gasteiger partial charge >= 0.3 is 0 Å². The number of nitro benzene ring substituents is 1. The number of hydrogen-bond acceptors (Lipinski definition) is 3. The first-order valence-electron chi connectivity index (χ1n) is 6.10. The molecule has 1 aromatic carbocycles. The molecule has 17 heavy (non-hydrogen) atoms. The molecule has 2 aliphatic rings. The molecule has 4 heteroatoms. The first kappa shape index (κ1) is 10.7. The fraction of sp³-hybridized carbons (Fsp3) is 0.538. The van der Waals surface area contributed by atoms with Crippen LogP contribution >= 0.6 is 0 Å². The van der Waals surface area contributed by atoms with Crippen molar-refractivity contribution in [1.29, 1.82) is 0 Å². The van der Waals surface area contributed by atoms with E-state index in [1.807, 2.05) is 12.1 Å². The minimum atomic E-state index is -0.312. The number of hydrogen-bond donors (Lipinski definition) is 1. The van der Waals surface area contributed by atoms with E-state index in [1.54, 1.807) is 12.1 Å². The van der Waals surface area contributed by atoms with E-state index >= 15 is 0 Å². The third kappa shape index (κ3) is 1.55. The molecule has 2 saturated carbocycles. The Morgan fingerprint density at radius 3 is 2.65 bits per heavy atom. The number of benzene rings is 1. The van der Waals surface area contributed by atoms with Crippen LogP contribution in [0.3, 0.4) is 0 Å². The minimum Gasteiger partial charge on any atom is -0.393 e. The van der Waals surface area contributed by atoms with Gasteiger partial charge < -0.3 is 5.11 Å².